The van der Waals surface area contributed by atoms with Gasteiger partial charge in [0, 0.05) is 24.2 Å². The lowest BCUT2D eigenvalue weighted by Gasteiger charge is -2.13. The number of ether oxygens (including phenoxy) is 1. The first-order valence-corrected chi connectivity index (χ1v) is 5.21. The van der Waals surface area contributed by atoms with Gasteiger partial charge in [0.05, 0.1) is 6.61 Å². The van der Waals surface area contributed by atoms with Gasteiger partial charge >= 0.3 is 0 Å². The highest BCUT2D eigenvalue weighted by Gasteiger charge is 2.14. The summed E-state index contributed by atoms with van der Waals surface area (Å²) in [5.41, 5.74) is 0. The summed E-state index contributed by atoms with van der Waals surface area (Å²) in [7, 11) is 1.76. The minimum Gasteiger partial charge on any atom is -0.383 e. The van der Waals surface area contributed by atoms with Crippen molar-refractivity contribution in [2.75, 3.05) is 26.0 Å². The maximum absolute atomic E-state index is 5.10. The van der Waals surface area contributed by atoms with Crippen molar-refractivity contribution in [1.29, 1.82) is 0 Å². The zero-order valence-electron chi connectivity index (χ0n) is 7.30. The highest BCUT2D eigenvalue weighted by Crippen LogP contribution is 2.17. The Morgan fingerprint density at radius 2 is 2.45 bits per heavy atom. The van der Waals surface area contributed by atoms with Crippen LogP contribution in [-0.2, 0) is 4.74 Å². The Balaban J connectivity index is 2.22. The Bertz CT molecular complexity index is 110. The summed E-state index contributed by atoms with van der Waals surface area (Å²) in [6, 6.07) is 0.565. The van der Waals surface area contributed by atoms with Gasteiger partial charge in [-0.05, 0) is 13.0 Å². The number of methoxy groups -OCH3 is 1. The van der Waals surface area contributed by atoms with E-state index in [4.69, 9.17) is 4.74 Å². The molecule has 1 rings (SSSR count). The second-order valence-corrected chi connectivity index (χ2v) is 4.51. The molecule has 11 heavy (non-hydrogen) atoms. The topological polar surface area (TPSA) is 21.3 Å². The molecule has 1 aliphatic rings. The number of rotatable bonds is 2. The zero-order chi connectivity index (χ0) is 8.10. The van der Waals surface area contributed by atoms with Crippen molar-refractivity contribution in [3.05, 3.63) is 0 Å². The smallest absolute Gasteiger partial charge is 0.0623 e. The number of hydrogen-bond donors (Lipinski definition) is 1. The van der Waals surface area contributed by atoms with E-state index in [9.17, 15) is 0 Å². The third-order valence-electron chi connectivity index (χ3n) is 1.93. The van der Waals surface area contributed by atoms with Gasteiger partial charge in [-0.25, -0.2) is 0 Å². The lowest BCUT2D eigenvalue weighted by atomic mass is 10.3. The third-order valence-corrected chi connectivity index (χ3v) is 3.33. The molecule has 3 heteroatoms. The van der Waals surface area contributed by atoms with Crippen LogP contribution in [-0.4, -0.2) is 37.3 Å². The van der Waals surface area contributed by atoms with E-state index in [0.29, 0.717) is 6.04 Å². The molecule has 1 heterocycles. The van der Waals surface area contributed by atoms with Gasteiger partial charge in [0.1, 0.15) is 0 Å². The summed E-state index contributed by atoms with van der Waals surface area (Å²) in [5, 5.41) is 4.28. The first-order valence-electron chi connectivity index (χ1n) is 4.17. The molecule has 0 aromatic heterocycles. The van der Waals surface area contributed by atoms with Crippen molar-refractivity contribution >= 4 is 11.8 Å². The zero-order valence-corrected chi connectivity index (χ0v) is 8.12. The van der Waals surface area contributed by atoms with Gasteiger partial charge in [-0.15, -0.1) is 0 Å². The van der Waals surface area contributed by atoms with E-state index in [1.807, 2.05) is 11.8 Å². The maximum atomic E-state index is 5.10. The first-order chi connectivity index (χ1) is 5.33. The lowest BCUT2D eigenvalue weighted by molar-refractivity contribution is 0.174. The Morgan fingerprint density at radius 1 is 1.64 bits per heavy atom. The van der Waals surface area contributed by atoms with Crippen molar-refractivity contribution in [3.8, 4) is 0 Å². The van der Waals surface area contributed by atoms with E-state index in [2.05, 4.69) is 12.2 Å². The number of thioether (sulfide) groups is 1. The summed E-state index contributed by atoms with van der Waals surface area (Å²) in [6.07, 6.45) is 1.28. The summed E-state index contributed by atoms with van der Waals surface area (Å²) in [6.45, 7) is 4.28. The molecule has 0 radical (unpaired) electrons. The summed E-state index contributed by atoms with van der Waals surface area (Å²) in [5.74, 6) is 1.19. The molecule has 2 unspecified atom stereocenters. The van der Waals surface area contributed by atoms with Gasteiger partial charge in [-0.1, -0.05) is 6.92 Å². The van der Waals surface area contributed by atoms with Gasteiger partial charge < -0.3 is 10.1 Å². The van der Waals surface area contributed by atoms with Crippen molar-refractivity contribution in [2.24, 2.45) is 0 Å². The van der Waals surface area contributed by atoms with Gasteiger partial charge in [0.25, 0.3) is 0 Å². The molecule has 0 amide bonds. The van der Waals surface area contributed by atoms with Crippen LogP contribution in [0.15, 0.2) is 0 Å². The predicted molar refractivity (Wildman–Crippen MR) is 50.2 cm³/mol. The van der Waals surface area contributed by atoms with Crippen LogP contribution >= 0.6 is 11.8 Å². The van der Waals surface area contributed by atoms with Crippen LogP contribution in [0.4, 0.5) is 0 Å². The quantitative estimate of drug-likeness (QED) is 0.679. The molecule has 0 aliphatic carbocycles. The fourth-order valence-electron chi connectivity index (χ4n) is 1.22. The summed E-state index contributed by atoms with van der Waals surface area (Å²) >= 11 is 2.04. The largest absolute Gasteiger partial charge is 0.383 e. The molecular weight excluding hydrogens is 158 g/mol. The Morgan fingerprint density at radius 3 is 3.18 bits per heavy atom. The molecule has 66 valence electrons. The molecule has 2 atom stereocenters. The average molecular weight is 175 g/mol. The van der Waals surface area contributed by atoms with E-state index in [1.54, 1.807) is 7.11 Å². The number of nitrogens with one attached hydrogen (secondary N) is 1. The van der Waals surface area contributed by atoms with Crippen LogP contribution in [0.2, 0.25) is 0 Å². The van der Waals surface area contributed by atoms with E-state index in [0.717, 1.165) is 18.4 Å². The second-order valence-electron chi connectivity index (χ2n) is 3.04. The van der Waals surface area contributed by atoms with Crippen molar-refractivity contribution in [1.82, 2.24) is 5.32 Å². The minimum atomic E-state index is 0.565. The molecular formula is C8H17NOS. The molecule has 0 bridgehead atoms. The van der Waals surface area contributed by atoms with Crippen LogP contribution in [0, 0.1) is 0 Å². The van der Waals surface area contributed by atoms with Crippen LogP contribution in [0.25, 0.3) is 0 Å². The molecule has 1 aliphatic heterocycles. The standard InChI is InChI=1S/C8H17NOS/c1-7-3-4-9-8(5-10-2)6-11-7/h7-9H,3-6H2,1-2H3. The lowest BCUT2D eigenvalue weighted by Crippen LogP contribution is -2.34. The fourth-order valence-corrected chi connectivity index (χ4v) is 2.28. The van der Waals surface area contributed by atoms with Crippen molar-refractivity contribution in [3.63, 3.8) is 0 Å². The molecule has 0 aromatic carbocycles. The van der Waals surface area contributed by atoms with Gasteiger partial charge in [-0.2, -0.15) is 11.8 Å². The van der Waals surface area contributed by atoms with Gasteiger partial charge in [0.2, 0.25) is 0 Å². The highest BCUT2D eigenvalue weighted by atomic mass is 32.2. The highest BCUT2D eigenvalue weighted by molar-refractivity contribution is 7.99. The Hall–Kier alpha value is 0.270. The molecule has 0 saturated carbocycles. The van der Waals surface area contributed by atoms with Gasteiger partial charge in [0.15, 0.2) is 0 Å². The average Bonchev–Trinajstić information content (AvgIpc) is 2.17. The maximum Gasteiger partial charge on any atom is 0.0623 e. The normalized spacial score (nSPS) is 33.3. The van der Waals surface area contributed by atoms with E-state index >= 15 is 0 Å². The van der Waals surface area contributed by atoms with Gasteiger partial charge in [-0.3, -0.25) is 0 Å². The molecule has 2 nitrogen and oxygen atoms in total. The molecule has 1 saturated heterocycles. The van der Waals surface area contributed by atoms with Crippen molar-refractivity contribution in [2.45, 2.75) is 24.6 Å². The molecule has 1 N–H and O–H groups in total. The van der Waals surface area contributed by atoms with Crippen LogP contribution in [0.5, 0.6) is 0 Å². The van der Waals surface area contributed by atoms with Crippen LogP contribution in [0.3, 0.4) is 0 Å². The Labute approximate surface area is 73.1 Å². The van der Waals surface area contributed by atoms with Crippen LogP contribution < -0.4 is 5.32 Å². The molecule has 0 spiro atoms. The van der Waals surface area contributed by atoms with E-state index in [-0.39, 0.29) is 0 Å². The third kappa shape index (κ3) is 3.45. The van der Waals surface area contributed by atoms with E-state index < -0.39 is 0 Å². The molecule has 0 aromatic rings. The van der Waals surface area contributed by atoms with Crippen LogP contribution in [0.1, 0.15) is 13.3 Å². The second kappa shape index (κ2) is 5.01. The summed E-state index contributed by atoms with van der Waals surface area (Å²) < 4.78 is 5.10. The monoisotopic (exact) mass is 175 g/mol. The Kier molecular flexibility index (Phi) is 4.26. The SMILES string of the molecule is COCC1CSC(C)CCN1. The minimum absolute atomic E-state index is 0.565. The molecule has 1 fully saturated rings. The number of hydrogen-bond acceptors (Lipinski definition) is 3. The van der Waals surface area contributed by atoms with E-state index in [1.165, 1.54) is 12.2 Å². The first kappa shape index (κ1) is 9.36. The predicted octanol–water partition coefficient (Wildman–Crippen LogP) is 1.12. The fraction of sp³-hybridized carbons (Fsp3) is 1.00. The van der Waals surface area contributed by atoms with Crippen molar-refractivity contribution < 1.29 is 4.74 Å². The summed E-state index contributed by atoms with van der Waals surface area (Å²) in [4.78, 5) is 0.